The number of aromatic nitrogens is 5. The van der Waals surface area contributed by atoms with Crippen molar-refractivity contribution in [3.8, 4) is 16.5 Å². The van der Waals surface area contributed by atoms with Crippen LogP contribution >= 0.6 is 23.7 Å². The average molecular weight is 408 g/mol. The van der Waals surface area contributed by atoms with Crippen molar-refractivity contribution in [3.05, 3.63) is 63.9 Å². The van der Waals surface area contributed by atoms with Crippen molar-refractivity contribution >= 4 is 23.7 Å². The molecule has 0 saturated carbocycles. The summed E-state index contributed by atoms with van der Waals surface area (Å²) >= 11 is 1.48. The maximum absolute atomic E-state index is 12.6. The molecule has 0 aliphatic carbocycles. The van der Waals surface area contributed by atoms with Gasteiger partial charge in [-0.2, -0.15) is 10.4 Å². The van der Waals surface area contributed by atoms with Gasteiger partial charge in [0.05, 0.1) is 19.4 Å². The van der Waals surface area contributed by atoms with Gasteiger partial charge in [0.15, 0.2) is 0 Å². The summed E-state index contributed by atoms with van der Waals surface area (Å²) in [5, 5.41) is 12.7. The molecule has 3 rings (SSSR count). The summed E-state index contributed by atoms with van der Waals surface area (Å²) in [6.07, 6.45) is 4.99. The Balaban J connectivity index is 0.00000261. The molecule has 0 unspecified atom stereocenters. The molecule has 2 N–H and O–H groups in total. The number of nitrogens with two attached hydrogens (primary N) is 1. The number of rotatable bonds is 6. The monoisotopic (exact) mass is 407 g/mol. The van der Waals surface area contributed by atoms with Crippen LogP contribution in [0.25, 0.3) is 10.4 Å². The standard InChI is InChI=1S/C16H14FN7OS.ClH/c17-3-11(4-18)8-24-16(25)23(10-22-24)9-13-1-2-14(26-13)12-6-20-15(5-19)21-7-12;/h1-3,6-7,10H,4,8-9,18H2;1H/b11-3+;. The van der Waals surface area contributed by atoms with E-state index in [9.17, 15) is 9.18 Å². The second kappa shape index (κ2) is 9.18. The average Bonchev–Trinajstić information content (AvgIpc) is 3.28. The first-order chi connectivity index (χ1) is 12.6. The lowest BCUT2D eigenvalue weighted by atomic mass is 10.3. The van der Waals surface area contributed by atoms with E-state index in [0.29, 0.717) is 12.9 Å². The van der Waals surface area contributed by atoms with E-state index < -0.39 is 0 Å². The Hall–Kier alpha value is -2.87. The zero-order chi connectivity index (χ0) is 18.5. The highest BCUT2D eigenvalue weighted by Gasteiger charge is 2.10. The lowest BCUT2D eigenvalue weighted by Crippen LogP contribution is -2.26. The van der Waals surface area contributed by atoms with Crippen molar-refractivity contribution in [2.45, 2.75) is 13.1 Å². The molecule has 0 amide bonds. The van der Waals surface area contributed by atoms with Crippen molar-refractivity contribution in [2.24, 2.45) is 5.73 Å². The second-order valence-electron chi connectivity index (χ2n) is 5.34. The molecule has 8 nitrogen and oxygen atoms in total. The van der Waals surface area contributed by atoms with Crippen LogP contribution in [0.4, 0.5) is 4.39 Å². The fourth-order valence-electron chi connectivity index (χ4n) is 2.22. The Morgan fingerprint density at radius 3 is 2.74 bits per heavy atom. The first kappa shape index (κ1) is 20.4. The van der Waals surface area contributed by atoms with Gasteiger partial charge in [-0.1, -0.05) is 0 Å². The number of hydrogen-bond donors (Lipinski definition) is 1. The van der Waals surface area contributed by atoms with Gasteiger partial charge in [0.2, 0.25) is 5.82 Å². The van der Waals surface area contributed by atoms with E-state index in [1.165, 1.54) is 26.9 Å². The molecule has 3 aromatic rings. The summed E-state index contributed by atoms with van der Waals surface area (Å²) in [5.41, 5.74) is 6.15. The van der Waals surface area contributed by atoms with E-state index in [4.69, 9.17) is 11.0 Å². The molecule has 0 bridgehead atoms. The molecule has 0 atom stereocenters. The van der Waals surface area contributed by atoms with E-state index in [1.807, 2.05) is 18.2 Å². The van der Waals surface area contributed by atoms with Crippen molar-refractivity contribution in [1.82, 2.24) is 24.3 Å². The highest BCUT2D eigenvalue weighted by atomic mass is 35.5. The zero-order valence-electron chi connectivity index (χ0n) is 13.9. The van der Waals surface area contributed by atoms with Gasteiger partial charge in [0.1, 0.15) is 12.4 Å². The summed E-state index contributed by atoms with van der Waals surface area (Å²) in [6, 6.07) is 5.67. The van der Waals surface area contributed by atoms with E-state index in [2.05, 4.69) is 15.1 Å². The van der Waals surface area contributed by atoms with Crippen LogP contribution in [0.1, 0.15) is 10.7 Å². The van der Waals surface area contributed by atoms with Crippen LogP contribution in [-0.2, 0) is 13.1 Å². The molecular formula is C16H15ClFN7OS. The minimum absolute atomic E-state index is 0. The summed E-state index contributed by atoms with van der Waals surface area (Å²) in [4.78, 5) is 22.1. The third-order valence-corrected chi connectivity index (χ3v) is 4.71. The van der Waals surface area contributed by atoms with Gasteiger partial charge in [-0.25, -0.2) is 23.8 Å². The van der Waals surface area contributed by atoms with Crippen LogP contribution in [0.15, 0.2) is 47.6 Å². The fraction of sp³-hybridized carbons (Fsp3) is 0.188. The molecule has 0 aromatic carbocycles. The lowest BCUT2D eigenvalue weighted by Gasteiger charge is -2.01. The van der Waals surface area contributed by atoms with Gasteiger partial charge in [0.25, 0.3) is 0 Å². The van der Waals surface area contributed by atoms with Gasteiger partial charge in [-0.3, -0.25) is 4.57 Å². The van der Waals surface area contributed by atoms with Gasteiger partial charge in [-0.15, -0.1) is 23.7 Å². The molecule has 11 heteroatoms. The minimum atomic E-state index is -0.338. The molecule has 0 aliphatic rings. The SMILES string of the molecule is Cl.N#Cc1ncc(-c2ccc(Cn3cnn(C/C(=C/F)CN)c3=O)s2)cn1. The maximum Gasteiger partial charge on any atom is 0.346 e. The molecule has 27 heavy (non-hydrogen) atoms. The van der Waals surface area contributed by atoms with Crippen molar-refractivity contribution in [2.75, 3.05) is 6.54 Å². The highest BCUT2D eigenvalue weighted by molar-refractivity contribution is 7.15. The summed E-state index contributed by atoms with van der Waals surface area (Å²) in [7, 11) is 0. The quantitative estimate of drug-likeness (QED) is 0.665. The van der Waals surface area contributed by atoms with E-state index in [-0.39, 0.29) is 42.6 Å². The Morgan fingerprint density at radius 2 is 2.11 bits per heavy atom. The van der Waals surface area contributed by atoms with Crippen LogP contribution in [0, 0.1) is 11.3 Å². The molecule has 0 radical (unpaired) electrons. The van der Waals surface area contributed by atoms with Crippen molar-refractivity contribution in [1.29, 1.82) is 5.26 Å². The third-order valence-electron chi connectivity index (χ3n) is 3.59. The first-order valence-corrected chi connectivity index (χ1v) is 8.38. The number of thiophene rings is 1. The lowest BCUT2D eigenvalue weighted by molar-refractivity contribution is 0.604. The predicted octanol–water partition coefficient (Wildman–Crippen LogP) is 1.72. The third kappa shape index (κ3) is 4.65. The largest absolute Gasteiger partial charge is 0.346 e. The maximum atomic E-state index is 12.6. The van der Waals surface area contributed by atoms with Crippen molar-refractivity contribution < 1.29 is 4.39 Å². The van der Waals surface area contributed by atoms with Crippen LogP contribution < -0.4 is 11.4 Å². The first-order valence-electron chi connectivity index (χ1n) is 7.56. The Labute approximate surface area is 163 Å². The normalized spacial score (nSPS) is 11.1. The Bertz CT molecular complexity index is 1030. The predicted molar refractivity (Wildman–Crippen MR) is 101 cm³/mol. The zero-order valence-corrected chi connectivity index (χ0v) is 15.6. The number of hydrogen-bond acceptors (Lipinski definition) is 7. The molecule has 0 spiro atoms. The van der Waals surface area contributed by atoms with Gasteiger partial charge in [-0.05, 0) is 17.7 Å². The molecule has 140 valence electrons. The van der Waals surface area contributed by atoms with Crippen LogP contribution in [0.3, 0.4) is 0 Å². The second-order valence-corrected chi connectivity index (χ2v) is 6.51. The van der Waals surface area contributed by atoms with Crippen LogP contribution in [0.5, 0.6) is 0 Å². The van der Waals surface area contributed by atoms with E-state index in [1.54, 1.807) is 12.4 Å². The molecule has 0 saturated heterocycles. The van der Waals surface area contributed by atoms with Crippen LogP contribution in [-0.4, -0.2) is 30.9 Å². The smallest absolute Gasteiger partial charge is 0.327 e. The van der Waals surface area contributed by atoms with Crippen molar-refractivity contribution in [3.63, 3.8) is 0 Å². The summed E-state index contributed by atoms with van der Waals surface area (Å²) in [6.45, 7) is 0.395. The van der Waals surface area contributed by atoms with E-state index in [0.717, 1.165) is 15.3 Å². The fourth-order valence-corrected chi connectivity index (χ4v) is 3.21. The topological polar surface area (TPSA) is 115 Å². The molecule has 0 fully saturated rings. The summed E-state index contributed by atoms with van der Waals surface area (Å²) in [5.74, 6) is 0.115. The number of nitrogens with zero attached hydrogens (tertiary/aromatic N) is 6. The minimum Gasteiger partial charge on any atom is -0.327 e. The summed E-state index contributed by atoms with van der Waals surface area (Å²) < 4.78 is 15.2. The van der Waals surface area contributed by atoms with Gasteiger partial charge in [0, 0.05) is 34.3 Å². The van der Waals surface area contributed by atoms with Gasteiger partial charge >= 0.3 is 5.69 Å². The molecule has 3 heterocycles. The molecular weight excluding hydrogens is 393 g/mol. The van der Waals surface area contributed by atoms with Crippen LogP contribution in [0.2, 0.25) is 0 Å². The number of halogens is 2. The molecule has 0 aliphatic heterocycles. The Morgan fingerprint density at radius 1 is 1.37 bits per heavy atom. The highest BCUT2D eigenvalue weighted by Crippen LogP contribution is 2.27. The Kier molecular flexibility index (Phi) is 6.95. The molecule has 3 aromatic heterocycles. The van der Waals surface area contributed by atoms with Gasteiger partial charge < -0.3 is 5.73 Å². The number of nitriles is 1. The van der Waals surface area contributed by atoms with E-state index >= 15 is 0 Å².